The Balaban J connectivity index is 1.67. The highest BCUT2D eigenvalue weighted by molar-refractivity contribution is 9.10. The van der Waals surface area contributed by atoms with Crippen molar-refractivity contribution in [1.82, 2.24) is 9.97 Å². The molecule has 1 N–H and O–H groups in total. The van der Waals surface area contributed by atoms with Crippen molar-refractivity contribution in [2.24, 2.45) is 0 Å². The first-order valence-corrected chi connectivity index (χ1v) is 7.84. The van der Waals surface area contributed by atoms with Crippen LogP contribution in [0.1, 0.15) is 5.56 Å². The van der Waals surface area contributed by atoms with Gasteiger partial charge in [-0.2, -0.15) is 0 Å². The monoisotopic (exact) mass is 366 g/mol. The van der Waals surface area contributed by atoms with E-state index >= 15 is 0 Å². The van der Waals surface area contributed by atoms with Gasteiger partial charge in [0, 0.05) is 30.2 Å². The third-order valence-corrected chi connectivity index (χ3v) is 4.20. The van der Waals surface area contributed by atoms with E-state index in [1.807, 2.05) is 6.07 Å². The molecule has 1 saturated heterocycles. The molecule has 0 amide bonds. The SMILES string of the molecule is Fc1ccc(CNc2cc(N3CCOCC3)ncn2)c(Br)c1. The number of nitrogens with one attached hydrogen (secondary N) is 1. The van der Waals surface area contributed by atoms with Gasteiger partial charge in [-0.05, 0) is 17.7 Å². The standard InChI is InChI=1S/C15H16BrFN4O/c16-13-7-12(17)2-1-11(13)9-18-14-8-15(20-10-19-14)21-3-5-22-6-4-21/h1-2,7-8,10H,3-6,9H2,(H,18,19,20). The quantitative estimate of drug-likeness (QED) is 0.901. The van der Waals surface area contributed by atoms with Crippen LogP contribution in [-0.4, -0.2) is 36.3 Å². The summed E-state index contributed by atoms with van der Waals surface area (Å²) >= 11 is 3.36. The lowest BCUT2D eigenvalue weighted by molar-refractivity contribution is 0.122. The lowest BCUT2D eigenvalue weighted by Crippen LogP contribution is -2.36. The largest absolute Gasteiger partial charge is 0.378 e. The number of rotatable bonds is 4. The number of nitrogens with zero attached hydrogens (tertiary/aromatic N) is 3. The molecule has 1 aromatic heterocycles. The van der Waals surface area contributed by atoms with Crippen molar-refractivity contribution in [2.75, 3.05) is 36.5 Å². The number of aromatic nitrogens is 2. The minimum absolute atomic E-state index is 0.257. The first-order chi connectivity index (χ1) is 10.7. The third-order valence-electron chi connectivity index (χ3n) is 3.46. The molecule has 0 saturated carbocycles. The first kappa shape index (κ1) is 15.2. The van der Waals surface area contributed by atoms with Gasteiger partial charge in [-0.3, -0.25) is 0 Å². The highest BCUT2D eigenvalue weighted by atomic mass is 79.9. The van der Waals surface area contributed by atoms with E-state index in [9.17, 15) is 4.39 Å². The van der Waals surface area contributed by atoms with E-state index in [1.165, 1.54) is 12.1 Å². The average Bonchev–Trinajstić information content (AvgIpc) is 2.55. The average molecular weight is 367 g/mol. The van der Waals surface area contributed by atoms with E-state index < -0.39 is 0 Å². The molecule has 0 radical (unpaired) electrons. The second kappa shape index (κ2) is 7.02. The van der Waals surface area contributed by atoms with Crippen LogP contribution >= 0.6 is 15.9 Å². The Morgan fingerprint density at radius 1 is 1.23 bits per heavy atom. The van der Waals surface area contributed by atoms with Crippen LogP contribution in [-0.2, 0) is 11.3 Å². The summed E-state index contributed by atoms with van der Waals surface area (Å²) in [4.78, 5) is 10.7. The summed E-state index contributed by atoms with van der Waals surface area (Å²) in [6.45, 7) is 3.66. The maximum atomic E-state index is 13.1. The topological polar surface area (TPSA) is 50.3 Å². The van der Waals surface area contributed by atoms with Crippen molar-refractivity contribution in [2.45, 2.75) is 6.54 Å². The zero-order chi connectivity index (χ0) is 15.4. The number of anilines is 2. The number of benzene rings is 1. The van der Waals surface area contributed by atoms with Crippen LogP contribution in [0, 0.1) is 5.82 Å². The summed E-state index contributed by atoms with van der Waals surface area (Å²) < 4.78 is 19.2. The molecule has 3 rings (SSSR count). The predicted octanol–water partition coefficient (Wildman–Crippen LogP) is 2.83. The zero-order valence-electron chi connectivity index (χ0n) is 11.9. The smallest absolute Gasteiger partial charge is 0.134 e. The Bertz CT molecular complexity index is 649. The number of hydrogen-bond acceptors (Lipinski definition) is 5. The Morgan fingerprint density at radius 3 is 2.82 bits per heavy atom. The fourth-order valence-corrected chi connectivity index (χ4v) is 2.75. The van der Waals surface area contributed by atoms with E-state index in [2.05, 4.69) is 36.1 Å². The predicted molar refractivity (Wildman–Crippen MR) is 86.5 cm³/mol. The molecule has 0 atom stereocenters. The lowest BCUT2D eigenvalue weighted by Gasteiger charge is -2.27. The summed E-state index contributed by atoms with van der Waals surface area (Å²) in [5, 5.41) is 3.24. The fourth-order valence-electron chi connectivity index (χ4n) is 2.26. The van der Waals surface area contributed by atoms with Crippen LogP contribution < -0.4 is 10.2 Å². The number of halogens is 2. The summed E-state index contributed by atoms with van der Waals surface area (Å²) in [5.41, 5.74) is 0.966. The molecular formula is C15H16BrFN4O. The van der Waals surface area contributed by atoms with Gasteiger partial charge in [0.2, 0.25) is 0 Å². The van der Waals surface area contributed by atoms with Crippen LogP contribution in [0.4, 0.5) is 16.0 Å². The molecule has 5 nitrogen and oxygen atoms in total. The second-order valence-electron chi connectivity index (χ2n) is 4.95. The second-order valence-corrected chi connectivity index (χ2v) is 5.80. The molecule has 1 fully saturated rings. The lowest BCUT2D eigenvalue weighted by atomic mass is 10.2. The summed E-state index contributed by atoms with van der Waals surface area (Å²) in [6.07, 6.45) is 1.55. The normalized spacial score (nSPS) is 14.9. The molecule has 0 spiro atoms. The molecule has 0 bridgehead atoms. The fraction of sp³-hybridized carbons (Fsp3) is 0.333. The van der Waals surface area contributed by atoms with Crippen molar-refractivity contribution in [3.8, 4) is 0 Å². The van der Waals surface area contributed by atoms with Gasteiger partial charge in [0.1, 0.15) is 23.8 Å². The Hall–Kier alpha value is -1.73. The van der Waals surface area contributed by atoms with Gasteiger partial charge in [-0.1, -0.05) is 22.0 Å². The van der Waals surface area contributed by atoms with E-state index in [-0.39, 0.29) is 5.82 Å². The Kier molecular flexibility index (Phi) is 4.84. The molecule has 0 unspecified atom stereocenters. The molecule has 1 aliphatic heterocycles. The maximum Gasteiger partial charge on any atom is 0.134 e. The van der Waals surface area contributed by atoms with Gasteiger partial charge in [-0.15, -0.1) is 0 Å². The molecule has 2 heterocycles. The van der Waals surface area contributed by atoms with Crippen molar-refractivity contribution >= 4 is 27.6 Å². The Labute approximate surface area is 136 Å². The molecule has 1 aliphatic rings. The summed E-state index contributed by atoms with van der Waals surface area (Å²) in [5.74, 6) is 1.37. The van der Waals surface area contributed by atoms with Crippen LogP contribution in [0.5, 0.6) is 0 Å². The van der Waals surface area contributed by atoms with Crippen molar-refractivity contribution in [3.05, 3.63) is 46.4 Å². The number of ether oxygens (including phenoxy) is 1. The van der Waals surface area contributed by atoms with E-state index in [4.69, 9.17) is 4.74 Å². The summed E-state index contributed by atoms with van der Waals surface area (Å²) in [7, 11) is 0. The van der Waals surface area contributed by atoms with Gasteiger partial charge >= 0.3 is 0 Å². The minimum atomic E-state index is -0.257. The van der Waals surface area contributed by atoms with Crippen LogP contribution in [0.25, 0.3) is 0 Å². The number of morpholine rings is 1. The highest BCUT2D eigenvalue weighted by Gasteiger charge is 2.13. The number of hydrogen-bond donors (Lipinski definition) is 1. The zero-order valence-corrected chi connectivity index (χ0v) is 13.5. The molecule has 22 heavy (non-hydrogen) atoms. The third kappa shape index (κ3) is 3.72. The van der Waals surface area contributed by atoms with E-state index in [1.54, 1.807) is 12.4 Å². The van der Waals surface area contributed by atoms with Crippen LogP contribution in [0.15, 0.2) is 35.1 Å². The Morgan fingerprint density at radius 2 is 2.05 bits per heavy atom. The van der Waals surface area contributed by atoms with Crippen LogP contribution in [0.2, 0.25) is 0 Å². The molecule has 0 aliphatic carbocycles. The van der Waals surface area contributed by atoms with E-state index in [0.717, 1.165) is 48.0 Å². The van der Waals surface area contributed by atoms with Crippen molar-refractivity contribution < 1.29 is 9.13 Å². The van der Waals surface area contributed by atoms with Gasteiger partial charge in [0.15, 0.2) is 0 Å². The van der Waals surface area contributed by atoms with E-state index in [0.29, 0.717) is 6.54 Å². The van der Waals surface area contributed by atoms with Gasteiger partial charge < -0.3 is 15.0 Å². The highest BCUT2D eigenvalue weighted by Crippen LogP contribution is 2.20. The molecule has 2 aromatic rings. The molecule has 1 aromatic carbocycles. The van der Waals surface area contributed by atoms with Crippen LogP contribution in [0.3, 0.4) is 0 Å². The van der Waals surface area contributed by atoms with Crippen molar-refractivity contribution in [3.63, 3.8) is 0 Å². The molecule has 116 valence electrons. The van der Waals surface area contributed by atoms with Crippen molar-refractivity contribution in [1.29, 1.82) is 0 Å². The summed E-state index contributed by atoms with van der Waals surface area (Å²) in [6, 6.07) is 6.57. The van der Waals surface area contributed by atoms with Gasteiger partial charge in [-0.25, -0.2) is 14.4 Å². The van der Waals surface area contributed by atoms with Gasteiger partial charge in [0.25, 0.3) is 0 Å². The minimum Gasteiger partial charge on any atom is -0.378 e. The van der Waals surface area contributed by atoms with Gasteiger partial charge in [0.05, 0.1) is 13.2 Å². The molecular weight excluding hydrogens is 351 g/mol. The molecule has 7 heteroatoms. The maximum absolute atomic E-state index is 13.1. The first-order valence-electron chi connectivity index (χ1n) is 7.05.